The molecule has 184 valence electrons. The second kappa shape index (κ2) is 10.1. The normalized spacial score (nSPS) is 16.7. The van der Waals surface area contributed by atoms with Crippen LogP contribution >= 0.6 is 28.3 Å². The van der Waals surface area contributed by atoms with Gasteiger partial charge in [0.1, 0.15) is 0 Å². The number of aromatic hydroxyl groups is 1. The smallest absolute Gasteiger partial charge is 0.317 e. The topological polar surface area (TPSA) is 177 Å². The first-order valence-electron chi connectivity index (χ1n) is 10.7. The standard InChI is InChI=1S/C20H21BrN10O3.ClH/c1-10-4-2-3-7-30(10)9-14-16(25-29-31(14)18-17(22)27-34-28-18)20(33)26-24-15-12-8-11(21)5-6-13(12)23-19(15)32;/h5-6,8,10,23,32H,2-4,7,9H2,1H3,(H2,22,27);1H. The monoisotopic (exact) mass is 564 g/mol. The number of halogens is 2. The van der Waals surface area contributed by atoms with Crippen LogP contribution in [-0.2, 0) is 6.54 Å². The number of hydrogen-bond donors (Lipinski definition) is 3. The highest BCUT2D eigenvalue weighted by molar-refractivity contribution is 9.10. The molecule has 15 heteroatoms. The van der Waals surface area contributed by atoms with Gasteiger partial charge in [0, 0.05) is 22.4 Å². The summed E-state index contributed by atoms with van der Waals surface area (Å²) < 4.78 is 6.84. The maximum atomic E-state index is 13.1. The molecule has 0 spiro atoms. The lowest BCUT2D eigenvalue weighted by atomic mass is 10.0. The van der Waals surface area contributed by atoms with E-state index in [4.69, 9.17) is 10.4 Å². The molecule has 1 atom stereocenters. The Morgan fingerprint density at radius 2 is 2.20 bits per heavy atom. The highest BCUT2D eigenvalue weighted by Crippen LogP contribution is 2.37. The number of nitrogens with zero attached hydrogens (tertiary/aromatic N) is 8. The van der Waals surface area contributed by atoms with Gasteiger partial charge in [-0.2, -0.15) is 4.68 Å². The highest BCUT2D eigenvalue weighted by Gasteiger charge is 2.28. The third kappa shape index (κ3) is 4.76. The number of fused-ring (bicyclic) bond motifs is 1. The van der Waals surface area contributed by atoms with Gasteiger partial charge in [0.15, 0.2) is 11.4 Å². The first-order chi connectivity index (χ1) is 16.4. The largest absolute Gasteiger partial charge is 0.493 e. The molecule has 13 nitrogen and oxygen atoms in total. The molecule has 1 saturated heterocycles. The molecule has 1 aromatic carbocycles. The van der Waals surface area contributed by atoms with Gasteiger partial charge in [-0.15, -0.1) is 27.7 Å². The molecule has 0 aliphatic carbocycles. The Balaban J connectivity index is 0.00000289. The van der Waals surface area contributed by atoms with Crippen molar-refractivity contribution in [1.82, 2.24) is 35.2 Å². The number of nitrogens with two attached hydrogens (primary N) is 1. The SMILES string of the molecule is CC1CCCCN1Cc1c(C(=O)N=Nc2c(O)[nH]c3ccc(Br)cc23)nnn1-c1nonc1N.Cl. The van der Waals surface area contributed by atoms with Crippen LogP contribution in [0.3, 0.4) is 0 Å². The molecule has 1 aliphatic rings. The number of rotatable bonds is 5. The Bertz CT molecular complexity index is 1400. The van der Waals surface area contributed by atoms with Crippen molar-refractivity contribution < 1.29 is 14.5 Å². The molecule has 0 radical (unpaired) electrons. The summed E-state index contributed by atoms with van der Waals surface area (Å²) in [5.74, 6) is -0.753. The molecule has 3 aromatic heterocycles. The van der Waals surface area contributed by atoms with Crippen molar-refractivity contribution in [1.29, 1.82) is 0 Å². The second-order valence-electron chi connectivity index (χ2n) is 8.10. The zero-order chi connectivity index (χ0) is 23.8. The summed E-state index contributed by atoms with van der Waals surface area (Å²) in [4.78, 5) is 18.1. The van der Waals surface area contributed by atoms with Crippen molar-refractivity contribution in [3.63, 3.8) is 0 Å². The molecule has 5 rings (SSSR count). The predicted molar refractivity (Wildman–Crippen MR) is 131 cm³/mol. The fourth-order valence-electron chi connectivity index (χ4n) is 4.08. The van der Waals surface area contributed by atoms with E-state index in [-0.39, 0.29) is 41.3 Å². The number of aromatic amines is 1. The van der Waals surface area contributed by atoms with Crippen LogP contribution in [0.15, 0.2) is 37.5 Å². The van der Waals surface area contributed by atoms with E-state index in [9.17, 15) is 9.90 Å². The summed E-state index contributed by atoms with van der Waals surface area (Å²) in [5.41, 5.74) is 7.12. The van der Waals surface area contributed by atoms with Crippen molar-refractivity contribution in [2.45, 2.75) is 38.8 Å². The molecule has 4 heterocycles. The number of piperidine rings is 1. The number of benzene rings is 1. The summed E-state index contributed by atoms with van der Waals surface area (Å²) >= 11 is 3.39. The molecule has 35 heavy (non-hydrogen) atoms. The van der Waals surface area contributed by atoms with Crippen molar-refractivity contribution in [2.75, 3.05) is 12.3 Å². The number of azo groups is 1. The average molecular weight is 566 g/mol. The van der Waals surface area contributed by atoms with Crippen LogP contribution in [0.4, 0.5) is 11.5 Å². The van der Waals surface area contributed by atoms with E-state index in [1.807, 2.05) is 6.07 Å². The Kier molecular flexibility index (Phi) is 7.14. The van der Waals surface area contributed by atoms with Gasteiger partial charge in [0.25, 0.3) is 0 Å². The Hall–Kier alpha value is -3.36. The maximum absolute atomic E-state index is 13.1. The van der Waals surface area contributed by atoms with E-state index >= 15 is 0 Å². The van der Waals surface area contributed by atoms with Crippen molar-refractivity contribution >= 4 is 56.7 Å². The van der Waals surface area contributed by atoms with E-state index in [1.54, 1.807) is 12.1 Å². The second-order valence-corrected chi connectivity index (χ2v) is 9.02. The maximum Gasteiger partial charge on any atom is 0.317 e. The minimum Gasteiger partial charge on any atom is -0.493 e. The van der Waals surface area contributed by atoms with E-state index in [0.717, 1.165) is 30.3 Å². The number of H-pyrrole nitrogens is 1. The molecule has 1 aliphatic heterocycles. The molecular formula is C20H22BrClN10O3. The van der Waals surface area contributed by atoms with Gasteiger partial charge in [-0.3, -0.25) is 9.69 Å². The van der Waals surface area contributed by atoms with Crippen LogP contribution in [0.5, 0.6) is 5.88 Å². The molecule has 1 unspecified atom stereocenters. The lowest BCUT2D eigenvalue weighted by molar-refractivity contribution is 0.0985. The van der Waals surface area contributed by atoms with E-state index in [0.29, 0.717) is 29.2 Å². The number of nitrogens with one attached hydrogen (secondary N) is 1. The van der Waals surface area contributed by atoms with Gasteiger partial charge in [0.05, 0.1) is 11.2 Å². The van der Waals surface area contributed by atoms with Crippen LogP contribution < -0.4 is 5.73 Å². The van der Waals surface area contributed by atoms with Gasteiger partial charge in [-0.25, -0.2) is 4.63 Å². The van der Waals surface area contributed by atoms with E-state index in [2.05, 4.69) is 63.6 Å². The van der Waals surface area contributed by atoms with Crippen LogP contribution in [0.25, 0.3) is 16.7 Å². The zero-order valence-corrected chi connectivity index (χ0v) is 21.0. The lowest BCUT2D eigenvalue weighted by Gasteiger charge is -2.33. The quantitative estimate of drug-likeness (QED) is 0.303. The molecular weight excluding hydrogens is 544 g/mol. The number of amides is 1. The number of carbonyl (C=O) groups is 1. The average Bonchev–Trinajstić information content (AvgIpc) is 3.50. The zero-order valence-electron chi connectivity index (χ0n) is 18.5. The van der Waals surface area contributed by atoms with Crippen molar-refractivity contribution in [2.24, 2.45) is 10.2 Å². The Labute approximate surface area is 213 Å². The third-order valence-electron chi connectivity index (χ3n) is 5.91. The van der Waals surface area contributed by atoms with E-state index in [1.165, 1.54) is 4.68 Å². The fraction of sp³-hybridized carbons (Fsp3) is 0.350. The summed E-state index contributed by atoms with van der Waals surface area (Å²) in [5, 5.41) is 34.2. The molecule has 4 N–H and O–H groups in total. The highest BCUT2D eigenvalue weighted by atomic mass is 79.9. The van der Waals surface area contributed by atoms with Gasteiger partial charge in [0.2, 0.25) is 17.5 Å². The number of aromatic nitrogens is 6. The number of hydrogen-bond acceptors (Lipinski definition) is 10. The number of anilines is 1. The van der Waals surface area contributed by atoms with Gasteiger partial charge < -0.3 is 15.8 Å². The minimum atomic E-state index is -0.718. The van der Waals surface area contributed by atoms with Crippen molar-refractivity contribution in [3.05, 3.63) is 34.1 Å². The van der Waals surface area contributed by atoms with Crippen molar-refractivity contribution in [3.8, 4) is 11.7 Å². The summed E-state index contributed by atoms with van der Waals surface area (Å²) in [6.45, 7) is 3.38. The van der Waals surface area contributed by atoms with Crippen LogP contribution in [-0.4, -0.2) is 58.8 Å². The van der Waals surface area contributed by atoms with Crippen LogP contribution in [0, 0.1) is 0 Å². The minimum absolute atomic E-state index is 0. The fourth-order valence-corrected chi connectivity index (χ4v) is 4.44. The molecule has 4 aromatic rings. The van der Waals surface area contributed by atoms with E-state index < -0.39 is 5.91 Å². The predicted octanol–water partition coefficient (Wildman–Crippen LogP) is 3.90. The third-order valence-corrected chi connectivity index (χ3v) is 6.40. The Morgan fingerprint density at radius 1 is 1.37 bits per heavy atom. The lowest BCUT2D eigenvalue weighted by Crippen LogP contribution is -2.37. The van der Waals surface area contributed by atoms with Gasteiger partial charge >= 0.3 is 5.91 Å². The molecule has 0 saturated carbocycles. The number of carbonyl (C=O) groups excluding carboxylic acids is 1. The van der Waals surface area contributed by atoms with Gasteiger partial charge in [-0.05, 0) is 54.8 Å². The first kappa shape index (κ1) is 24.8. The van der Waals surface area contributed by atoms with Crippen LogP contribution in [0.1, 0.15) is 42.4 Å². The summed E-state index contributed by atoms with van der Waals surface area (Å²) in [6, 6.07) is 5.68. The Morgan fingerprint density at radius 3 is 2.94 bits per heavy atom. The molecule has 1 amide bonds. The number of nitrogen functional groups attached to an aromatic ring is 1. The summed E-state index contributed by atoms with van der Waals surface area (Å²) in [7, 11) is 0. The molecule has 1 fully saturated rings. The van der Waals surface area contributed by atoms with Crippen LogP contribution in [0.2, 0.25) is 0 Å². The number of likely N-dealkylation sites (tertiary alicyclic amines) is 1. The molecule has 0 bridgehead atoms. The van der Waals surface area contributed by atoms with Gasteiger partial charge in [-0.1, -0.05) is 27.6 Å². The summed E-state index contributed by atoms with van der Waals surface area (Å²) in [6.07, 6.45) is 3.26. The first-order valence-corrected chi connectivity index (χ1v) is 11.4.